The third-order valence-corrected chi connectivity index (χ3v) is 6.47. The molecule has 3 N–H and O–H groups in total. The summed E-state index contributed by atoms with van der Waals surface area (Å²) in [6.45, 7) is 3.94. The van der Waals surface area contributed by atoms with E-state index in [0.717, 1.165) is 57.4 Å². The quantitative estimate of drug-likeness (QED) is 0.689. The maximum Gasteiger partial charge on any atom is 0.221 e. The highest BCUT2D eigenvalue weighted by molar-refractivity contribution is 5.84. The molecule has 2 aliphatic rings. The van der Waals surface area contributed by atoms with Crippen LogP contribution in [-0.4, -0.2) is 48.5 Å². The van der Waals surface area contributed by atoms with Crippen molar-refractivity contribution in [1.82, 2.24) is 15.2 Å². The molecule has 1 aromatic carbocycles. The largest absolute Gasteiger partial charge is 0.356 e. The van der Waals surface area contributed by atoms with Crippen LogP contribution in [0.2, 0.25) is 0 Å². The van der Waals surface area contributed by atoms with E-state index in [1.165, 1.54) is 27.8 Å². The minimum Gasteiger partial charge on any atom is -0.356 e. The van der Waals surface area contributed by atoms with E-state index in [0.29, 0.717) is 25.1 Å². The Morgan fingerprint density at radius 2 is 1.97 bits per heavy atom. The lowest BCUT2D eigenvalue weighted by Crippen LogP contribution is -2.35. The minimum atomic E-state index is 0.103. The number of nitrogens with one attached hydrogen (secondary N) is 1. The lowest BCUT2D eigenvalue weighted by molar-refractivity contribution is -0.121. The molecule has 4 rings (SSSR count). The molecule has 1 fully saturated rings. The Balaban J connectivity index is 1.52. The van der Waals surface area contributed by atoms with Crippen molar-refractivity contribution in [2.24, 2.45) is 5.73 Å². The van der Waals surface area contributed by atoms with Crippen LogP contribution in [0.1, 0.15) is 53.6 Å². The second-order valence-corrected chi connectivity index (χ2v) is 8.56. The summed E-state index contributed by atoms with van der Waals surface area (Å²) in [6, 6.07) is 12.5. The van der Waals surface area contributed by atoms with Gasteiger partial charge in [0.05, 0.1) is 17.3 Å². The van der Waals surface area contributed by atoms with Gasteiger partial charge in [-0.05, 0) is 73.5 Å². The van der Waals surface area contributed by atoms with Gasteiger partial charge in [0.25, 0.3) is 0 Å². The molecule has 166 valence electrons. The van der Waals surface area contributed by atoms with Crippen molar-refractivity contribution in [2.75, 3.05) is 32.7 Å². The van der Waals surface area contributed by atoms with E-state index in [4.69, 9.17) is 10.7 Å². The average Bonchev–Trinajstić information content (AvgIpc) is 2.99. The Kier molecular flexibility index (Phi) is 7.31. The first kappa shape index (κ1) is 22.2. The third-order valence-electron chi connectivity index (χ3n) is 6.47. The third kappa shape index (κ3) is 5.07. The van der Waals surface area contributed by atoms with Crippen LogP contribution in [0, 0.1) is 11.3 Å². The molecule has 0 atom stereocenters. The van der Waals surface area contributed by atoms with Crippen LogP contribution < -0.4 is 11.1 Å². The summed E-state index contributed by atoms with van der Waals surface area (Å²) in [7, 11) is 0. The van der Waals surface area contributed by atoms with Crippen molar-refractivity contribution in [3.63, 3.8) is 0 Å². The molecular weight excluding hydrogens is 398 g/mol. The zero-order valence-electron chi connectivity index (χ0n) is 18.6. The normalized spacial score (nSPS) is 16.0. The number of aromatic nitrogens is 1. The second kappa shape index (κ2) is 10.5. The van der Waals surface area contributed by atoms with E-state index in [9.17, 15) is 10.1 Å². The van der Waals surface area contributed by atoms with E-state index >= 15 is 0 Å². The number of likely N-dealkylation sites (tertiary alicyclic amines) is 1. The monoisotopic (exact) mass is 429 g/mol. The summed E-state index contributed by atoms with van der Waals surface area (Å²) < 4.78 is 0. The first-order valence-electron chi connectivity index (χ1n) is 11.6. The van der Waals surface area contributed by atoms with Gasteiger partial charge in [0.1, 0.15) is 0 Å². The van der Waals surface area contributed by atoms with Gasteiger partial charge in [0, 0.05) is 44.4 Å². The van der Waals surface area contributed by atoms with Crippen molar-refractivity contribution in [3.8, 4) is 6.07 Å². The highest BCUT2D eigenvalue weighted by Crippen LogP contribution is 2.37. The molecule has 1 saturated heterocycles. The van der Waals surface area contributed by atoms with Gasteiger partial charge in [0.15, 0.2) is 0 Å². The molecule has 0 bridgehead atoms. The molecule has 1 aliphatic carbocycles. The van der Waals surface area contributed by atoms with Crippen LogP contribution in [-0.2, 0) is 17.6 Å². The number of aryl methyl sites for hydroxylation is 2. The second-order valence-electron chi connectivity index (χ2n) is 8.56. The van der Waals surface area contributed by atoms with E-state index in [-0.39, 0.29) is 5.91 Å². The first-order valence-corrected chi connectivity index (χ1v) is 11.6. The topological polar surface area (TPSA) is 95.0 Å². The standard InChI is InChI=1S/C26H31N5O/c27-11-2-13-29-24(32)10-16-31-14-8-20(9-15-31)25-23-7-4-19(18-28)17-22(23)6-5-21-3-1-12-30-26(21)25/h1,3-4,7,12,17H,2,5-6,8-11,13-16,27H2,(H,29,32). The number of hydrogen-bond acceptors (Lipinski definition) is 5. The summed E-state index contributed by atoms with van der Waals surface area (Å²) in [5.41, 5.74) is 13.7. The molecule has 0 radical (unpaired) electrons. The van der Waals surface area contributed by atoms with Gasteiger partial charge in [-0.25, -0.2) is 0 Å². The Morgan fingerprint density at radius 3 is 2.75 bits per heavy atom. The van der Waals surface area contributed by atoms with Crippen molar-refractivity contribution >= 4 is 11.5 Å². The summed E-state index contributed by atoms with van der Waals surface area (Å²) in [6.07, 6.45) is 7.03. The predicted molar refractivity (Wildman–Crippen MR) is 126 cm³/mol. The van der Waals surface area contributed by atoms with E-state index in [1.807, 2.05) is 24.4 Å². The fourth-order valence-electron chi connectivity index (χ4n) is 4.71. The molecule has 1 aromatic heterocycles. The Bertz CT molecular complexity index is 1040. The number of piperidine rings is 1. The summed E-state index contributed by atoms with van der Waals surface area (Å²) in [5, 5.41) is 12.3. The van der Waals surface area contributed by atoms with Gasteiger partial charge in [0.2, 0.25) is 5.91 Å². The molecule has 2 aromatic rings. The molecule has 6 heteroatoms. The molecule has 1 aliphatic heterocycles. The van der Waals surface area contributed by atoms with Crippen LogP contribution >= 0.6 is 0 Å². The molecule has 0 saturated carbocycles. The number of nitrogens with zero attached hydrogens (tertiary/aromatic N) is 3. The summed E-state index contributed by atoms with van der Waals surface area (Å²) >= 11 is 0. The average molecular weight is 430 g/mol. The van der Waals surface area contributed by atoms with Crippen LogP contribution in [0.4, 0.5) is 0 Å². The highest BCUT2D eigenvalue weighted by Gasteiger charge is 2.25. The number of pyridine rings is 1. The number of hydrogen-bond donors (Lipinski definition) is 2. The lowest BCUT2D eigenvalue weighted by Gasteiger charge is -2.30. The Labute approximate surface area is 190 Å². The molecule has 1 amide bonds. The Hall–Kier alpha value is -3.01. The number of nitrogens with two attached hydrogens (primary N) is 1. The molecule has 2 heterocycles. The number of amides is 1. The van der Waals surface area contributed by atoms with E-state index in [1.54, 1.807) is 0 Å². The highest BCUT2D eigenvalue weighted by atomic mass is 16.1. The van der Waals surface area contributed by atoms with Gasteiger partial charge in [-0.3, -0.25) is 9.78 Å². The fraction of sp³-hybridized carbons (Fsp3) is 0.423. The van der Waals surface area contributed by atoms with Gasteiger partial charge in [-0.2, -0.15) is 5.26 Å². The number of carbonyl (C=O) groups is 1. The van der Waals surface area contributed by atoms with Gasteiger partial charge in [-0.1, -0.05) is 17.7 Å². The lowest BCUT2D eigenvalue weighted by atomic mass is 9.88. The van der Waals surface area contributed by atoms with Crippen LogP contribution in [0.25, 0.3) is 5.57 Å². The number of carbonyl (C=O) groups excluding carboxylic acids is 1. The van der Waals surface area contributed by atoms with E-state index < -0.39 is 0 Å². The van der Waals surface area contributed by atoms with E-state index in [2.05, 4.69) is 28.4 Å². The smallest absolute Gasteiger partial charge is 0.221 e. The number of fused-ring (bicyclic) bond motifs is 2. The zero-order chi connectivity index (χ0) is 22.3. The maximum absolute atomic E-state index is 12.0. The predicted octanol–water partition coefficient (Wildman–Crippen LogP) is 2.80. The van der Waals surface area contributed by atoms with Crippen molar-refractivity contribution < 1.29 is 4.79 Å². The zero-order valence-corrected chi connectivity index (χ0v) is 18.6. The number of nitriles is 1. The van der Waals surface area contributed by atoms with Crippen LogP contribution in [0.3, 0.4) is 0 Å². The number of rotatable bonds is 6. The Morgan fingerprint density at radius 1 is 1.16 bits per heavy atom. The number of benzene rings is 1. The van der Waals surface area contributed by atoms with Gasteiger partial charge in [-0.15, -0.1) is 0 Å². The molecule has 0 unspecified atom stereocenters. The first-order chi connectivity index (χ1) is 15.7. The fourth-order valence-corrected chi connectivity index (χ4v) is 4.71. The van der Waals surface area contributed by atoms with Gasteiger partial charge < -0.3 is 16.0 Å². The molecule has 32 heavy (non-hydrogen) atoms. The SMILES string of the molecule is N#Cc1ccc2c(c1)CCc1cccnc1C2=C1CCN(CCC(=O)NCCCN)CC1. The van der Waals surface area contributed by atoms with Crippen molar-refractivity contribution in [2.45, 2.75) is 38.5 Å². The summed E-state index contributed by atoms with van der Waals surface area (Å²) in [5.74, 6) is 0.103. The van der Waals surface area contributed by atoms with Crippen LogP contribution in [0.5, 0.6) is 0 Å². The maximum atomic E-state index is 12.0. The molecular formula is C26H31N5O. The van der Waals surface area contributed by atoms with Crippen molar-refractivity contribution in [1.29, 1.82) is 5.26 Å². The minimum absolute atomic E-state index is 0.103. The van der Waals surface area contributed by atoms with Crippen LogP contribution in [0.15, 0.2) is 42.1 Å². The molecule has 0 spiro atoms. The van der Waals surface area contributed by atoms with Gasteiger partial charge >= 0.3 is 0 Å². The molecule has 6 nitrogen and oxygen atoms in total. The van der Waals surface area contributed by atoms with Crippen molar-refractivity contribution in [3.05, 3.63) is 70.0 Å². The summed E-state index contributed by atoms with van der Waals surface area (Å²) in [4.78, 5) is 19.2.